The highest BCUT2D eigenvalue weighted by atomic mass is 35.5. The quantitative estimate of drug-likeness (QED) is 0.666. The Labute approximate surface area is 170 Å². The number of carbonyl (C=O) groups excluding carboxylic acids is 1. The van der Waals surface area contributed by atoms with Crippen LogP contribution in [0.1, 0.15) is 33.1 Å². The monoisotopic (exact) mass is 413 g/mol. The Balaban J connectivity index is 2.00. The number of halogens is 1. The largest absolute Gasteiger partial charge is 0.341 e. The molecule has 0 aliphatic carbocycles. The minimum absolute atomic E-state index is 0.0497. The van der Waals surface area contributed by atoms with Crippen molar-refractivity contribution >= 4 is 27.3 Å². The molecule has 0 heterocycles. The van der Waals surface area contributed by atoms with Crippen molar-refractivity contribution in [1.82, 2.24) is 5.32 Å². The van der Waals surface area contributed by atoms with Crippen molar-refractivity contribution < 1.29 is 13.2 Å². The maximum atomic E-state index is 13.0. The molecule has 1 atom stereocenters. The van der Waals surface area contributed by atoms with Gasteiger partial charge in [0.15, 0.2) is 9.84 Å². The van der Waals surface area contributed by atoms with E-state index in [1.165, 1.54) is 18.2 Å². The summed E-state index contributed by atoms with van der Waals surface area (Å²) in [6.07, 6.45) is 1.09. The summed E-state index contributed by atoms with van der Waals surface area (Å²) in [6, 6.07) is 21.2. The van der Waals surface area contributed by atoms with Gasteiger partial charge in [0, 0.05) is 6.26 Å². The van der Waals surface area contributed by atoms with Gasteiger partial charge in [0.1, 0.15) is 0 Å². The first-order chi connectivity index (χ1) is 13.3. The summed E-state index contributed by atoms with van der Waals surface area (Å²) in [5.41, 5.74) is 3.07. The van der Waals surface area contributed by atoms with E-state index in [0.717, 1.165) is 22.9 Å². The first-order valence-electron chi connectivity index (χ1n) is 8.67. The second-order valence-corrected chi connectivity index (χ2v) is 9.06. The van der Waals surface area contributed by atoms with Crippen LogP contribution >= 0.6 is 11.6 Å². The van der Waals surface area contributed by atoms with Crippen LogP contribution in [0.15, 0.2) is 77.7 Å². The molecular weight excluding hydrogens is 394 g/mol. The highest BCUT2D eigenvalue weighted by Crippen LogP contribution is 2.25. The molecule has 0 fully saturated rings. The summed E-state index contributed by atoms with van der Waals surface area (Å²) >= 11 is 6.18. The highest BCUT2D eigenvalue weighted by Gasteiger charge is 2.21. The predicted molar refractivity (Wildman–Crippen MR) is 111 cm³/mol. The van der Waals surface area contributed by atoms with Crippen molar-refractivity contribution in [3.8, 4) is 0 Å². The van der Waals surface area contributed by atoms with Gasteiger partial charge in [-0.25, -0.2) is 8.42 Å². The molecule has 1 N–H and O–H groups in total. The number of sulfone groups is 1. The molecule has 3 aromatic carbocycles. The van der Waals surface area contributed by atoms with Gasteiger partial charge in [-0.05, 0) is 36.2 Å². The summed E-state index contributed by atoms with van der Waals surface area (Å²) < 4.78 is 23.7. The van der Waals surface area contributed by atoms with Gasteiger partial charge in [-0.3, -0.25) is 4.79 Å². The van der Waals surface area contributed by atoms with Crippen LogP contribution in [0.2, 0.25) is 5.02 Å². The molecule has 144 valence electrons. The van der Waals surface area contributed by atoms with Crippen molar-refractivity contribution in [2.75, 3.05) is 6.26 Å². The summed E-state index contributed by atoms with van der Waals surface area (Å²) in [7, 11) is -3.45. The van der Waals surface area contributed by atoms with Gasteiger partial charge in [-0.2, -0.15) is 0 Å². The van der Waals surface area contributed by atoms with Gasteiger partial charge in [-0.15, -0.1) is 0 Å². The maximum absolute atomic E-state index is 13.0. The van der Waals surface area contributed by atoms with Crippen LogP contribution in [-0.4, -0.2) is 20.6 Å². The lowest BCUT2D eigenvalue weighted by molar-refractivity contribution is 0.0943. The molecule has 28 heavy (non-hydrogen) atoms. The first-order valence-corrected chi connectivity index (χ1v) is 10.9. The molecular formula is C22H20ClNO3S. The van der Waals surface area contributed by atoms with Crippen molar-refractivity contribution in [2.45, 2.75) is 17.9 Å². The Hall–Kier alpha value is -2.63. The van der Waals surface area contributed by atoms with E-state index in [1.807, 2.05) is 61.5 Å². The van der Waals surface area contributed by atoms with E-state index in [1.54, 1.807) is 0 Å². The number of hydrogen-bond acceptors (Lipinski definition) is 3. The van der Waals surface area contributed by atoms with Crippen molar-refractivity contribution in [3.05, 3.63) is 100 Å². The molecule has 6 heteroatoms. The van der Waals surface area contributed by atoms with Gasteiger partial charge in [0.05, 0.1) is 21.5 Å². The first kappa shape index (κ1) is 20.1. The Morgan fingerprint density at radius 1 is 0.929 bits per heavy atom. The predicted octanol–water partition coefficient (Wildman–Crippen LogP) is 4.57. The molecule has 0 aromatic heterocycles. The molecule has 0 radical (unpaired) electrons. The van der Waals surface area contributed by atoms with Crippen LogP contribution in [0.5, 0.6) is 0 Å². The second-order valence-electron chi connectivity index (χ2n) is 6.64. The third-order valence-electron chi connectivity index (χ3n) is 4.43. The molecule has 0 saturated carbocycles. The molecule has 1 amide bonds. The molecule has 1 unspecified atom stereocenters. The molecule has 0 bridgehead atoms. The average Bonchev–Trinajstić information content (AvgIpc) is 2.67. The van der Waals surface area contributed by atoms with Crippen molar-refractivity contribution in [3.63, 3.8) is 0 Å². The zero-order valence-corrected chi connectivity index (χ0v) is 17.1. The molecule has 4 nitrogen and oxygen atoms in total. The number of aryl methyl sites for hydroxylation is 1. The van der Waals surface area contributed by atoms with Crippen LogP contribution in [0.4, 0.5) is 0 Å². The van der Waals surface area contributed by atoms with Gasteiger partial charge in [-0.1, -0.05) is 71.8 Å². The Bertz CT molecular complexity index is 1090. The Kier molecular flexibility index (Phi) is 5.87. The third kappa shape index (κ3) is 4.61. The van der Waals surface area contributed by atoms with Crippen LogP contribution in [-0.2, 0) is 9.84 Å². The minimum Gasteiger partial charge on any atom is -0.341 e. The van der Waals surface area contributed by atoms with Gasteiger partial charge in [0.2, 0.25) is 0 Å². The second kappa shape index (κ2) is 8.17. The highest BCUT2D eigenvalue weighted by molar-refractivity contribution is 7.90. The Morgan fingerprint density at radius 3 is 2.14 bits per heavy atom. The van der Waals surface area contributed by atoms with E-state index in [4.69, 9.17) is 11.6 Å². The SMILES string of the molecule is Cc1ccc(C(NC(=O)c2cc(S(C)(=O)=O)ccc2Cl)c2ccccc2)cc1. The Morgan fingerprint density at radius 2 is 1.54 bits per heavy atom. The number of hydrogen-bond donors (Lipinski definition) is 1. The van der Waals surface area contributed by atoms with Gasteiger partial charge >= 0.3 is 0 Å². The fourth-order valence-corrected chi connectivity index (χ4v) is 3.73. The van der Waals surface area contributed by atoms with E-state index in [2.05, 4.69) is 5.32 Å². The van der Waals surface area contributed by atoms with Gasteiger partial charge < -0.3 is 5.32 Å². The third-order valence-corrected chi connectivity index (χ3v) is 5.87. The standard InChI is InChI=1S/C22H20ClNO3S/c1-15-8-10-17(11-9-15)21(16-6-4-3-5-7-16)24-22(25)19-14-18(28(2,26)27)12-13-20(19)23/h3-14,21H,1-2H3,(H,24,25). The summed E-state index contributed by atoms with van der Waals surface area (Å²) in [5.74, 6) is -0.440. The van der Waals surface area contributed by atoms with E-state index in [0.29, 0.717) is 0 Å². The lowest BCUT2D eigenvalue weighted by Gasteiger charge is -2.20. The number of nitrogens with one attached hydrogen (secondary N) is 1. The summed E-state index contributed by atoms with van der Waals surface area (Å²) in [5, 5.41) is 3.18. The van der Waals surface area contributed by atoms with Crippen LogP contribution in [0.3, 0.4) is 0 Å². The zero-order chi connectivity index (χ0) is 20.3. The average molecular weight is 414 g/mol. The molecule has 3 aromatic rings. The lowest BCUT2D eigenvalue weighted by atomic mass is 9.97. The molecule has 0 aliphatic heterocycles. The topological polar surface area (TPSA) is 63.2 Å². The molecule has 0 saturated heterocycles. The van der Waals surface area contributed by atoms with Crippen molar-refractivity contribution in [1.29, 1.82) is 0 Å². The van der Waals surface area contributed by atoms with Crippen LogP contribution in [0.25, 0.3) is 0 Å². The maximum Gasteiger partial charge on any atom is 0.253 e. The van der Waals surface area contributed by atoms with Gasteiger partial charge in [0.25, 0.3) is 5.91 Å². The summed E-state index contributed by atoms with van der Waals surface area (Å²) in [4.78, 5) is 13.0. The molecule has 0 aliphatic rings. The lowest BCUT2D eigenvalue weighted by Crippen LogP contribution is -2.29. The number of benzene rings is 3. The zero-order valence-electron chi connectivity index (χ0n) is 15.5. The van der Waals surface area contributed by atoms with Crippen molar-refractivity contribution in [2.24, 2.45) is 0 Å². The summed E-state index contributed by atoms with van der Waals surface area (Å²) in [6.45, 7) is 2.00. The van der Waals surface area contributed by atoms with E-state index in [9.17, 15) is 13.2 Å². The molecule has 3 rings (SSSR count). The van der Waals surface area contributed by atoms with E-state index in [-0.39, 0.29) is 15.5 Å². The van der Waals surface area contributed by atoms with Crippen LogP contribution in [0, 0.1) is 6.92 Å². The fourth-order valence-electron chi connectivity index (χ4n) is 2.88. The number of amides is 1. The van der Waals surface area contributed by atoms with Crippen LogP contribution < -0.4 is 5.32 Å². The van der Waals surface area contributed by atoms with E-state index >= 15 is 0 Å². The fraction of sp³-hybridized carbons (Fsp3) is 0.136. The van der Waals surface area contributed by atoms with E-state index < -0.39 is 21.8 Å². The number of rotatable bonds is 5. The minimum atomic E-state index is -3.45. The smallest absolute Gasteiger partial charge is 0.253 e. The number of carbonyl (C=O) groups is 1. The normalized spacial score (nSPS) is 12.4. The molecule has 0 spiro atoms.